The number of benzene rings is 1. The highest BCUT2D eigenvalue weighted by Crippen LogP contribution is 2.24. The third-order valence-corrected chi connectivity index (χ3v) is 7.09. The molecule has 1 saturated heterocycles. The van der Waals surface area contributed by atoms with Gasteiger partial charge in [-0.3, -0.25) is 14.3 Å². The number of hydrogen-bond donors (Lipinski definition) is 0. The number of nitrogens with zero attached hydrogens (tertiary/aromatic N) is 7. The fourth-order valence-corrected chi connectivity index (χ4v) is 5.05. The summed E-state index contributed by atoms with van der Waals surface area (Å²) in [5.74, 6) is 0.374. The fraction of sp³-hybridized carbons (Fsp3) is 0.320. The lowest BCUT2D eigenvalue weighted by Crippen LogP contribution is -2.48. The first-order valence-corrected chi connectivity index (χ1v) is 13.1. The van der Waals surface area contributed by atoms with Gasteiger partial charge in [0.05, 0.1) is 16.3 Å². The van der Waals surface area contributed by atoms with Crippen LogP contribution in [0.4, 0.5) is 10.2 Å². The molecule has 0 bridgehead atoms. The smallest absolute Gasteiger partial charge is 0.258 e. The Balaban J connectivity index is 1.35. The maximum atomic E-state index is 14.4. The summed E-state index contributed by atoms with van der Waals surface area (Å²) in [5, 5.41) is 5.77. The number of aryl methyl sites for hydroxylation is 1. The molecule has 38 heavy (non-hydrogen) atoms. The van der Waals surface area contributed by atoms with E-state index in [4.69, 9.17) is 30.8 Å². The third kappa shape index (κ3) is 5.83. The van der Waals surface area contributed by atoms with E-state index in [1.54, 1.807) is 25.0 Å². The minimum atomic E-state index is -0.687. The lowest BCUT2D eigenvalue weighted by atomic mass is 10.1. The van der Waals surface area contributed by atoms with Crippen LogP contribution in [0.15, 0.2) is 51.4 Å². The highest BCUT2D eigenvalue weighted by Gasteiger charge is 2.25. The number of pyridine rings is 1. The molecule has 0 aliphatic carbocycles. The summed E-state index contributed by atoms with van der Waals surface area (Å²) in [4.78, 5) is 31.3. The van der Waals surface area contributed by atoms with Crippen LogP contribution in [0.1, 0.15) is 21.9 Å². The Labute approximate surface area is 227 Å². The van der Waals surface area contributed by atoms with Gasteiger partial charge in [-0.05, 0) is 31.2 Å². The molecule has 0 atom stereocenters. The Morgan fingerprint density at radius 3 is 2.79 bits per heavy atom. The molecular weight excluding hydrogens is 533 g/mol. The quantitative estimate of drug-likeness (QED) is 0.340. The van der Waals surface area contributed by atoms with E-state index in [-0.39, 0.29) is 16.5 Å². The summed E-state index contributed by atoms with van der Waals surface area (Å²) in [6.07, 6.45) is 1.90. The first-order valence-electron chi connectivity index (χ1n) is 11.9. The van der Waals surface area contributed by atoms with Crippen molar-refractivity contribution in [3.63, 3.8) is 0 Å². The first kappa shape index (κ1) is 26.2. The van der Waals surface area contributed by atoms with Gasteiger partial charge in [-0.2, -0.15) is 4.98 Å². The summed E-state index contributed by atoms with van der Waals surface area (Å²) in [7, 11) is 1.63. The molecule has 1 aliphatic heterocycles. The largest absolute Gasteiger partial charge is 0.364 e. The van der Waals surface area contributed by atoms with Crippen molar-refractivity contribution in [2.75, 3.05) is 33.3 Å². The first-order chi connectivity index (χ1) is 18.4. The van der Waals surface area contributed by atoms with Crippen LogP contribution in [0.2, 0.25) is 5.02 Å². The van der Waals surface area contributed by atoms with Gasteiger partial charge >= 0.3 is 0 Å². The summed E-state index contributed by atoms with van der Waals surface area (Å²) < 4.78 is 26.9. The molecule has 5 rings (SSSR count). The normalized spacial score (nSPS) is 14.8. The van der Waals surface area contributed by atoms with Crippen molar-refractivity contribution >= 4 is 34.7 Å². The number of piperazine rings is 1. The lowest BCUT2D eigenvalue weighted by molar-refractivity contribution is 0.0622. The maximum absolute atomic E-state index is 14.4. The Kier molecular flexibility index (Phi) is 7.93. The van der Waals surface area contributed by atoms with E-state index in [9.17, 15) is 9.18 Å². The van der Waals surface area contributed by atoms with E-state index in [1.807, 2.05) is 28.3 Å². The van der Waals surface area contributed by atoms with Crippen molar-refractivity contribution in [2.45, 2.75) is 20.2 Å². The average molecular weight is 558 g/mol. The van der Waals surface area contributed by atoms with Crippen molar-refractivity contribution in [3.8, 4) is 11.5 Å². The Morgan fingerprint density at radius 2 is 2.05 bits per heavy atom. The van der Waals surface area contributed by atoms with Crippen molar-refractivity contribution in [3.05, 3.63) is 74.6 Å². The molecule has 13 heteroatoms. The number of rotatable bonds is 7. The molecule has 1 aliphatic rings. The lowest BCUT2D eigenvalue weighted by Gasteiger charge is -2.34. The SMILES string of the molecule is COCn1ccsc1=Nc1cc(-c2nc(C)no2)cc(CN2CCN(C(=O)c3cccc(Cl)c3F)CC2)n1. The van der Waals surface area contributed by atoms with Gasteiger partial charge in [-0.15, -0.1) is 11.3 Å². The molecule has 0 N–H and O–H groups in total. The van der Waals surface area contributed by atoms with Gasteiger partial charge < -0.3 is 14.2 Å². The number of carbonyl (C=O) groups excluding carboxylic acids is 1. The van der Waals surface area contributed by atoms with Crippen LogP contribution < -0.4 is 4.80 Å². The second-order valence-corrected chi connectivity index (χ2v) is 9.99. The number of halogens is 2. The minimum Gasteiger partial charge on any atom is -0.364 e. The van der Waals surface area contributed by atoms with E-state index < -0.39 is 5.82 Å². The standard InChI is InChI=1S/C25H25ClFN7O3S/c1-16-28-23(37-31-16)17-12-18(29-21(13-17)30-25-34(15-36-2)10-11-38-25)14-32-6-8-33(9-7-32)24(35)19-4-3-5-20(26)22(19)27/h3-5,10-13H,6-9,14-15H2,1-2H3. The number of hydrogen-bond acceptors (Lipinski definition) is 9. The molecule has 0 unspecified atom stereocenters. The molecule has 1 aromatic carbocycles. The average Bonchev–Trinajstić information content (AvgIpc) is 3.54. The van der Waals surface area contributed by atoms with E-state index >= 15 is 0 Å². The molecule has 0 spiro atoms. The number of methoxy groups -OCH3 is 1. The summed E-state index contributed by atoms with van der Waals surface area (Å²) >= 11 is 7.34. The number of ether oxygens (including phenoxy) is 1. The Hall–Kier alpha value is -3.45. The van der Waals surface area contributed by atoms with Crippen molar-refractivity contribution in [1.29, 1.82) is 0 Å². The zero-order valence-corrected chi connectivity index (χ0v) is 22.4. The van der Waals surface area contributed by atoms with Gasteiger partial charge in [0.25, 0.3) is 11.8 Å². The fourth-order valence-electron chi connectivity index (χ4n) is 4.15. The molecule has 4 aromatic rings. The molecule has 10 nitrogen and oxygen atoms in total. The zero-order valence-electron chi connectivity index (χ0n) is 20.8. The molecule has 0 saturated carbocycles. The second kappa shape index (κ2) is 11.5. The number of carbonyl (C=O) groups is 1. The van der Waals surface area contributed by atoms with Crippen LogP contribution in [-0.2, 0) is 18.0 Å². The highest BCUT2D eigenvalue weighted by atomic mass is 35.5. The van der Waals surface area contributed by atoms with Crippen molar-refractivity contribution in [1.82, 2.24) is 29.5 Å². The summed E-state index contributed by atoms with van der Waals surface area (Å²) in [6, 6.07) is 8.18. The van der Waals surface area contributed by atoms with E-state index in [0.717, 1.165) is 16.1 Å². The van der Waals surface area contributed by atoms with Crippen LogP contribution in [0.3, 0.4) is 0 Å². The van der Waals surface area contributed by atoms with E-state index in [2.05, 4.69) is 15.0 Å². The molecular formula is C25H25ClFN7O3S. The van der Waals surface area contributed by atoms with Crippen molar-refractivity contribution < 1.29 is 18.4 Å². The zero-order chi connectivity index (χ0) is 26.6. The molecule has 4 heterocycles. The number of thiazole rings is 1. The highest BCUT2D eigenvalue weighted by molar-refractivity contribution is 7.07. The Bertz CT molecular complexity index is 1510. The topological polar surface area (TPSA) is 102 Å². The molecule has 0 radical (unpaired) electrons. The van der Waals surface area contributed by atoms with Crippen LogP contribution >= 0.6 is 22.9 Å². The second-order valence-electron chi connectivity index (χ2n) is 8.71. The van der Waals surface area contributed by atoms with Crippen molar-refractivity contribution in [2.24, 2.45) is 4.99 Å². The van der Waals surface area contributed by atoms with Gasteiger partial charge in [0.2, 0.25) is 0 Å². The molecule has 198 valence electrons. The van der Waals surface area contributed by atoms with Crippen LogP contribution in [-0.4, -0.2) is 68.7 Å². The van der Waals surface area contributed by atoms with Gasteiger partial charge in [-0.25, -0.2) is 14.4 Å². The van der Waals surface area contributed by atoms with Gasteiger partial charge in [-0.1, -0.05) is 22.8 Å². The third-order valence-electron chi connectivity index (χ3n) is 6.00. The predicted octanol–water partition coefficient (Wildman–Crippen LogP) is 3.89. The summed E-state index contributed by atoms with van der Waals surface area (Å²) in [6.45, 7) is 4.78. The van der Waals surface area contributed by atoms with Crippen LogP contribution in [0, 0.1) is 12.7 Å². The van der Waals surface area contributed by atoms with Crippen LogP contribution in [0.5, 0.6) is 0 Å². The van der Waals surface area contributed by atoms with E-state index in [0.29, 0.717) is 57.0 Å². The monoisotopic (exact) mass is 557 g/mol. The number of aromatic nitrogens is 4. The molecule has 1 fully saturated rings. The van der Waals surface area contributed by atoms with Gasteiger partial charge in [0.1, 0.15) is 6.73 Å². The van der Waals surface area contributed by atoms with Gasteiger partial charge in [0, 0.05) is 57.0 Å². The van der Waals surface area contributed by atoms with E-state index in [1.165, 1.54) is 23.5 Å². The maximum Gasteiger partial charge on any atom is 0.258 e. The summed E-state index contributed by atoms with van der Waals surface area (Å²) in [5.41, 5.74) is 1.47. The Morgan fingerprint density at radius 1 is 1.24 bits per heavy atom. The van der Waals surface area contributed by atoms with Crippen LogP contribution in [0.25, 0.3) is 11.5 Å². The van der Waals surface area contributed by atoms with Gasteiger partial charge in [0.15, 0.2) is 22.3 Å². The minimum absolute atomic E-state index is 0.0132. The molecule has 3 aromatic heterocycles. The molecule has 1 amide bonds. The predicted molar refractivity (Wildman–Crippen MR) is 139 cm³/mol. The number of amides is 1.